The Morgan fingerprint density at radius 2 is 2.00 bits per heavy atom. The first kappa shape index (κ1) is 12.7. The second-order valence-electron chi connectivity index (χ2n) is 3.94. The Bertz CT molecular complexity index is 236. The second kappa shape index (κ2) is 7.83. The Hall–Kier alpha value is -0.410. The zero-order valence-electron chi connectivity index (χ0n) is 9.48. The third-order valence-corrected chi connectivity index (χ3v) is 3.44. The molecule has 1 unspecified atom stereocenters. The lowest BCUT2D eigenvalue weighted by atomic mass is 10.1. The Morgan fingerprint density at radius 1 is 1.27 bits per heavy atom. The molecular weight excluding hydrogens is 206 g/mol. The first-order valence-corrected chi connectivity index (χ1v) is 6.80. The maximum absolute atomic E-state index is 9.76. The van der Waals surface area contributed by atoms with Crippen molar-refractivity contribution in [2.75, 3.05) is 0 Å². The van der Waals surface area contributed by atoms with E-state index in [4.69, 9.17) is 0 Å². The zero-order chi connectivity index (χ0) is 10.9. The lowest BCUT2D eigenvalue weighted by Gasteiger charge is -2.06. The van der Waals surface area contributed by atoms with Crippen LogP contribution in [-0.4, -0.2) is 10.1 Å². The van der Waals surface area contributed by atoms with Crippen molar-refractivity contribution in [3.63, 3.8) is 0 Å². The van der Waals surface area contributed by atoms with E-state index < -0.39 is 0 Å². The van der Waals surface area contributed by atoms with E-state index >= 15 is 0 Å². The summed E-state index contributed by atoms with van der Waals surface area (Å²) in [6.07, 6.45) is 9.91. The summed E-state index contributed by atoms with van der Waals surface area (Å²) in [5, 5.41) is 12.5. The second-order valence-corrected chi connectivity index (χ2v) is 4.87. The normalized spacial score (nSPS) is 12.9. The van der Waals surface area contributed by atoms with Gasteiger partial charge in [0.05, 0.1) is 0 Å². The van der Waals surface area contributed by atoms with Gasteiger partial charge >= 0.3 is 0 Å². The van der Waals surface area contributed by atoms with Crippen LogP contribution in [0.5, 0.6) is 0 Å². The molecule has 0 radical (unpaired) electrons. The average molecular weight is 227 g/mol. The standard InChI is InChI=1S/C12H21NOS/c1-2-3-4-5-6-7-8-11(14)12-13-9-10-15-12/h9-11,14H,2-8H2,1H3. The molecule has 0 aliphatic rings. The van der Waals surface area contributed by atoms with Crippen LogP contribution in [0.4, 0.5) is 0 Å². The van der Waals surface area contributed by atoms with Crippen molar-refractivity contribution in [1.29, 1.82) is 0 Å². The molecule has 0 aliphatic carbocycles. The van der Waals surface area contributed by atoms with Gasteiger partial charge < -0.3 is 5.11 Å². The Kier molecular flexibility index (Phi) is 6.60. The van der Waals surface area contributed by atoms with Crippen molar-refractivity contribution in [3.8, 4) is 0 Å². The molecule has 15 heavy (non-hydrogen) atoms. The molecule has 1 aromatic heterocycles. The number of aliphatic hydroxyl groups is 1. The number of hydrogen-bond donors (Lipinski definition) is 1. The van der Waals surface area contributed by atoms with Gasteiger partial charge in [0.15, 0.2) is 0 Å². The fourth-order valence-corrected chi connectivity index (χ4v) is 2.30. The molecule has 3 heteroatoms. The van der Waals surface area contributed by atoms with Crippen molar-refractivity contribution in [3.05, 3.63) is 16.6 Å². The van der Waals surface area contributed by atoms with Gasteiger partial charge in [-0.15, -0.1) is 11.3 Å². The van der Waals surface area contributed by atoms with Crippen LogP contribution in [0.25, 0.3) is 0 Å². The smallest absolute Gasteiger partial charge is 0.121 e. The van der Waals surface area contributed by atoms with Gasteiger partial charge in [-0.25, -0.2) is 4.98 Å². The van der Waals surface area contributed by atoms with Gasteiger partial charge in [-0.1, -0.05) is 45.4 Å². The molecule has 1 aromatic rings. The van der Waals surface area contributed by atoms with Crippen molar-refractivity contribution >= 4 is 11.3 Å². The summed E-state index contributed by atoms with van der Waals surface area (Å²) in [7, 11) is 0. The highest BCUT2D eigenvalue weighted by molar-refractivity contribution is 7.09. The molecule has 0 fully saturated rings. The fraction of sp³-hybridized carbons (Fsp3) is 0.750. The zero-order valence-corrected chi connectivity index (χ0v) is 10.3. The largest absolute Gasteiger partial charge is 0.386 e. The summed E-state index contributed by atoms with van der Waals surface area (Å²) in [5.74, 6) is 0. The van der Waals surface area contributed by atoms with Crippen LogP contribution >= 0.6 is 11.3 Å². The number of aliphatic hydroxyl groups excluding tert-OH is 1. The van der Waals surface area contributed by atoms with E-state index in [0.717, 1.165) is 17.8 Å². The minimum atomic E-state index is -0.337. The lowest BCUT2D eigenvalue weighted by molar-refractivity contribution is 0.163. The van der Waals surface area contributed by atoms with E-state index in [2.05, 4.69) is 11.9 Å². The summed E-state index contributed by atoms with van der Waals surface area (Å²) in [4.78, 5) is 4.11. The Balaban J connectivity index is 2.00. The molecule has 0 amide bonds. The maximum atomic E-state index is 9.76. The topological polar surface area (TPSA) is 33.1 Å². The van der Waals surface area contributed by atoms with Crippen molar-refractivity contribution in [2.24, 2.45) is 0 Å². The van der Waals surface area contributed by atoms with Crippen molar-refractivity contribution < 1.29 is 5.11 Å². The van der Waals surface area contributed by atoms with E-state index in [9.17, 15) is 5.11 Å². The van der Waals surface area contributed by atoms with Gasteiger partial charge in [0, 0.05) is 11.6 Å². The molecule has 0 aromatic carbocycles. The number of rotatable bonds is 8. The first-order valence-electron chi connectivity index (χ1n) is 5.92. The molecule has 0 bridgehead atoms. The van der Waals surface area contributed by atoms with Crippen LogP contribution in [0.15, 0.2) is 11.6 Å². The predicted octanol–water partition coefficient (Wildman–Crippen LogP) is 3.93. The molecule has 0 saturated heterocycles. The summed E-state index contributed by atoms with van der Waals surface area (Å²) in [6, 6.07) is 0. The molecule has 1 atom stereocenters. The van der Waals surface area contributed by atoms with Crippen LogP contribution in [0.2, 0.25) is 0 Å². The molecule has 0 aliphatic heterocycles. The highest BCUT2D eigenvalue weighted by Gasteiger charge is 2.08. The van der Waals surface area contributed by atoms with Gasteiger partial charge in [-0.3, -0.25) is 0 Å². The van der Waals surface area contributed by atoms with E-state index in [1.165, 1.54) is 32.1 Å². The Labute approximate surface area is 96.4 Å². The molecule has 1 N–H and O–H groups in total. The minimum absolute atomic E-state index is 0.337. The van der Waals surface area contributed by atoms with Crippen molar-refractivity contribution in [1.82, 2.24) is 4.98 Å². The molecule has 86 valence electrons. The number of thiazole rings is 1. The van der Waals surface area contributed by atoms with Crippen LogP contribution in [-0.2, 0) is 0 Å². The van der Waals surface area contributed by atoms with Gasteiger partial charge in [-0.05, 0) is 6.42 Å². The summed E-state index contributed by atoms with van der Waals surface area (Å²) in [5.41, 5.74) is 0. The number of hydrogen-bond acceptors (Lipinski definition) is 3. The quantitative estimate of drug-likeness (QED) is 0.683. The van der Waals surface area contributed by atoms with Crippen molar-refractivity contribution in [2.45, 2.75) is 58.0 Å². The third kappa shape index (κ3) is 5.28. The van der Waals surface area contributed by atoms with E-state index in [-0.39, 0.29) is 6.10 Å². The molecule has 1 rings (SSSR count). The van der Waals surface area contributed by atoms with Gasteiger partial charge in [0.2, 0.25) is 0 Å². The Morgan fingerprint density at radius 3 is 2.67 bits per heavy atom. The number of unbranched alkanes of at least 4 members (excludes halogenated alkanes) is 5. The molecular formula is C12H21NOS. The lowest BCUT2D eigenvalue weighted by Crippen LogP contribution is -1.96. The van der Waals surface area contributed by atoms with Crippen LogP contribution < -0.4 is 0 Å². The SMILES string of the molecule is CCCCCCCCC(O)c1nccs1. The summed E-state index contributed by atoms with van der Waals surface area (Å²) in [6.45, 7) is 2.23. The maximum Gasteiger partial charge on any atom is 0.121 e. The molecule has 2 nitrogen and oxygen atoms in total. The van der Waals surface area contributed by atoms with E-state index in [1.807, 2.05) is 5.38 Å². The van der Waals surface area contributed by atoms with E-state index in [0.29, 0.717) is 0 Å². The average Bonchev–Trinajstić information content (AvgIpc) is 2.76. The summed E-state index contributed by atoms with van der Waals surface area (Å²) < 4.78 is 0. The van der Waals surface area contributed by atoms with E-state index in [1.54, 1.807) is 17.5 Å². The first-order chi connectivity index (χ1) is 7.34. The fourth-order valence-electron chi connectivity index (χ4n) is 1.64. The third-order valence-electron chi connectivity index (χ3n) is 2.57. The highest BCUT2D eigenvalue weighted by Crippen LogP contribution is 2.21. The minimum Gasteiger partial charge on any atom is -0.386 e. The molecule has 1 heterocycles. The number of nitrogens with zero attached hydrogens (tertiary/aromatic N) is 1. The summed E-state index contributed by atoms with van der Waals surface area (Å²) >= 11 is 1.54. The van der Waals surface area contributed by atoms with Crippen LogP contribution in [0, 0.1) is 0 Å². The van der Waals surface area contributed by atoms with Gasteiger partial charge in [-0.2, -0.15) is 0 Å². The monoisotopic (exact) mass is 227 g/mol. The molecule has 0 spiro atoms. The number of aromatic nitrogens is 1. The van der Waals surface area contributed by atoms with Crippen LogP contribution in [0.1, 0.15) is 63.0 Å². The van der Waals surface area contributed by atoms with Gasteiger partial charge in [0.25, 0.3) is 0 Å². The predicted molar refractivity (Wildman–Crippen MR) is 65.1 cm³/mol. The molecule has 0 saturated carbocycles. The highest BCUT2D eigenvalue weighted by atomic mass is 32.1. The van der Waals surface area contributed by atoms with Gasteiger partial charge in [0.1, 0.15) is 11.1 Å². The van der Waals surface area contributed by atoms with Crippen LogP contribution in [0.3, 0.4) is 0 Å².